The van der Waals surface area contributed by atoms with E-state index in [0.29, 0.717) is 13.1 Å². The second-order valence-corrected chi connectivity index (χ2v) is 7.74. The van der Waals surface area contributed by atoms with Gasteiger partial charge in [0, 0.05) is 36.9 Å². The largest absolute Gasteiger partial charge is 0.311 e. The topological polar surface area (TPSA) is 71.1 Å². The fraction of sp³-hybridized carbons (Fsp3) is 0.211. The molecule has 0 saturated carbocycles. The summed E-state index contributed by atoms with van der Waals surface area (Å²) in [7, 11) is -3.56. The van der Waals surface area contributed by atoms with Crippen molar-refractivity contribution in [3.05, 3.63) is 72.6 Å². The van der Waals surface area contributed by atoms with Crippen molar-refractivity contribution >= 4 is 20.8 Å². The SMILES string of the molecule is C[C@@H](CNCc1ccccc1)NS(=O)(=O)c1ccc2cnccc2c1. The van der Waals surface area contributed by atoms with Crippen LogP contribution in [0.15, 0.2) is 71.9 Å². The van der Waals surface area contributed by atoms with Crippen LogP contribution < -0.4 is 10.0 Å². The molecule has 130 valence electrons. The zero-order chi connectivity index (χ0) is 17.7. The molecule has 3 rings (SSSR count). The Balaban J connectivity index is 1.61. The zero-order valence-electron chi connectivity index (χ0n) is 14.0. The van der Waals surface area contributed by atoms with E-state index in [4.69, 9.17) is 0 Å². The minimum Gasteiger partial charge on any atom is -0.311 e. The van der Waals surface area contributed by atoms with E-state index in [-0.39, 0.29) is 10.9 Å². The van der Waals surface area contributed by atoms with Crippen molar-refractivity contribution in [2.45, 2.75) is 24.4 Å². The Morgan fingerprint density at radius 3 is 2.64 bits per heavy atom. The maximum absolute atomic E-state index is 12.6. The van der Waals surface area contributed by atoms with Gasteiger partial charge in [0.1, 0.15) is 0 Å². The van der Waals surface area contributed by atoms with Crippen LogP contribution in [0.3, 0.4) is 0 Å². The highest BCUT2D eigenvalue weighted by atomic mass is 32.2. The fourth-order valence-corrected chi connectivity index (χ4v) is 3.91. The van der Waals surface area contributed by atoms with Gasteiger partial charge in [0.15, 0.2) is 0 Å². The third-order valence-electron chi connectivity index (χ3n) is 3.90. The third kappa shape index (κ3) is 4.63. The summed E-state index contributed by atoms with van der Waals surface area (Å²) in [5.41, 5.74) is 1.17. The molecule has 0 radical (unpaired) electrons. The Morgan fingerprint density at radius 1 is 1.04 bits per heavy atom. The predicted octanol–water partition coefficient (Wildman–Crippen LogP) is 2.69. The minimum absolute atomic E-state index is 0.221. The molecule has 0 unspecified atom stereocenters. The van der Waals surface area contributed by atoms with Gasteiger partial charge in [0.2, 0.25) is 10.0 Å². The second kappa shape index (κ2) is 7.74. The molecule has 0 amide bonds. The van der Waals surface area contributed by atoms with Gasteiger partial charge in [-0.2, -0.15) is 0 Å². The van der Waals surface area contributed by atoms with Gasteiger partial charge in [-0.1, -0.05) is 36.4 Å². The fourth-order valence-electron chi connectivity index (χ4n) is 2.63. The molecule has 0 aliphatic heterocycles. The molecule has 0 bridgehead atoms. The van der Waals surface area contributed by atoms with Crippen molar-refractivity contribution in [1.29, 1.82) is 0 Å². The molecule has 1 aromatic heterocycles. The summed E-state index contributed by atoms with van der Waals surface area (Å²) in [6.07, 6.45) is 3.37. The minimum atomic E-state index is -3.56. The maximum atomic E-state index is 12.6. The first-order chi connectivity index (χ1) is 12.0. The number of rotatable bonds is 7. The van der Waals surface area contributed by atoms with Gasteiger partial charge in [-0.25, -0.2) is 13.1 Å². The number of hydrogen-bond donors (Lipinski definition) is 2. The molecule has 0 saturated heterocycles. The number of nitrogens with one attached hydrogen (secondary N) is 2. The highest BCUT2D eigenvalue weighted by Crippen LogP contribution is 2.18. The van der Waals surface area contributed by atoms with Crippen LogP contribution >= 0.6 is 0 Å². The molecule has 25 heavy (non-hydrogen) atoms. The summed E-state index contributed by atoms with van der Waals surface area (Å²) in [6.45, 7) is 3.10. The molecule has 1 atom stereocenters. The van der Waals surface area contributed by atoms with Crippen LogP contribution in [0, 0.1) is 0 Å². The molecule has 1 heterocycles. The van der Waals surface area contributed by atoms with Gasteiger partial charge < -0.3 is 5.32 Å². The number of sulfonamides is 1. The molecule has 6 heteroatoms. The standard InChI is InChI=1S/C19H21N3O2S/c1-15(12-21-13-16-5-3-2-4-6-16)22-25(23,24)19-8-7-18-14-20-10-9-17(18)11-19/h2-11,14-15,21-22H,12-13H2,1H3/t15-/m0/s1. The van der Waals surface area contributed by atoms with Crippen LogP contribution in [-0.2, 0) is 16.6 Å². The van der Waals surface area contributed by atoms with Crippen LogP contribution in [0.25, 0.3) is 10.8 Å². The van der Waals surface area contributed by atoms with Gasteiger partial charge in [-0.15, -0.1) is 0 Å². The number of nitrogens with zero attached hydrogens (tertiary/aromatic N) is 1. The van der Waals surface area contributed by atoms with E-state index in [1.54, 1.807) is 36.7 Å². The number of hydrogen-bond acceptors (Lipinski definition) is 4. The zero-order valence-corrected chi connectivity index (χ0v) is 14.8. The second-order valence-electron chi connectivity index (χ2n) is 6.02. The Labute approximate surface area is 148 Å². The van der Waals surface area contributed by atoms with E-state index in [1.807, 2.05) is 37.3 Å². The van der Waals surface area contributed by atoms with Gasteiger partial charge >= 0.3 is 0 Å². The van der Waals surface area contributed by atoms with Crippen molar-refractivity contribution in [2.24, 2.45) is 0 Å². The molecule has 3 aromatic rings. The van der Waals surface area contributed by atoms with Crippen molar-refractivity contribution < 1.29 is 8.42 Å². The summed E-state index contributed by atoms with van der Waals surface area (Å²) in [6, 6.07) is 16.6. The molecule has 0 fully saturated rings. The first-order valence-electron chi connectivity index (χ1n) is 8.15. The lowest BCUT2D eigenvalue weighted by Crippen LogP contribution is -2.39. The van der Waals surface area contributed by atoms with Crippen molar-refractivity contribution in [3.8, 4) is 0 Å². The summed E-state index contributed by atoms with van der Waals surface area (Å²) in [5, 5.41) is 5.04. The number of fused-ring (bicyclic) bond motifs is 1. The smallest absolute Gasteiger partial charge is 0.240 e. The Kier molecular flexibility index (Phi) is 5.43. The summed E-state index contributed by atoms with van der Waals surface area (Å²) < 4.78 is 27.8. The van der Waals surface area contributed by atoms with Crippen LogP contribution in [-0.4, -0.2) is 26.0 Å². The molecule has 0 aliphatic rings. The molecule has 0 spiro atoms. The molecular formula is C19H21N3O2S. The van der Waals surface area contributed by atoms with E-state index >= 15 is 0 Å². The Morgan fingerprint density at radius 2 is 1.84 bits per heavy atom. The van der Waals surface area contributed by atoms with E-state index in [1.165, 1.54) is 5.56 Å². The lowest BCUT2D eigenvalue weighted by atomic mass is 10.2. The third-order valence-corrected chi connectivity index (χ3v) is 5.49. The van der Waals surface area contributed by atoms with E-state index in [2.05, 4.69) is 15.0 Å². The van der Waals surface area contributed by atoms with Crippen LogP contribution in [0.5, 0.6) is 0 Å². The molecular weight excluding hydrogens is 334 g/mol. The maximum Gasteiger partial charge on any atom is 0.240 e. The normalized spacial score (nSPS) is 13.0. The average molecular weight is 355 g/mol. The van der Waals surface area contributed by atoms with Crippen molar-refractivity contribution in [2.75, 3.05) is 6.54 Å². The highest BCUT2D eigenvalue weighted by molar-refractivity contribution is 7.89. The highest BCUT2D eigenvalue weighted by Gasteiger charge is 2.17. The number of aromatic nitrogens is 1. The van der Waals surface area contributed by atoms with E-state index in [0.717, 1.165) is 10.8 Å². The van der Waals surface area contributed by atoms with E-state index < -0.39 is 10.0 Å². The quantitative estimate of drug-likeness (QED) is 0.684. The van der Waals surface area contributed by atoms with Crippen LogP contribution in [0.1, 0.15) is 12.5 Å². The number of benzene rings is 2. The predicted molar refractivity (Wildman–Crippen MR) is 99.7 cm³/mol. The summed E-state index contributed by atoms with van der Waals surface area (Å²) in [4.78, 5) is 4.30. The first-order valence-corrected chi connectivity index (χ1v) is 9.64. The van der Waals surface area contributed by atoms with Crippen molar-refractivity contribution in [3.63, 3.8) is 0 Å². The average Bonchev–Trinajstić information content (AvgIpc) is 2.62. The van der Waals surface area contributed by atoms with E-state index in [9.17, 15) is 8.42 Å². The van der Waals surface area contributed by atoms with Crippen molar-refractivity contribution in [1.82, 2.24) is 15.0 Å². The van der Waals surface area contributed by atoms with Gasteiger partial charge in [-0.3, -0.25) is 4.98 Å². The van der Waals surface area contributed by atoms with Crippen LogP contribution in [0.2, 0.25) is 0 Å². The Hall–Kier alpha value is -2.28. The lowest BCUT2D eigenvalue weighted by Gasteiger charge is -2.15. The molecule has 5 nitrogen and oxygen atoms in total. The molecule has 0 aliphatic carbocycles. The lowest BCUT2D eigenvalue weighted by molar-refractivity contribution is 0.536. The van der Waals surface area contributed by atoms with Gasteiger partial charge in [-0.05, 0) is 36.1 Å². The van der Waals surface area contributed by atoms with Gasteiger partial charge in [0.05, 0.1) is 4.90 Å². The number of pyridine rings is 1. The first kappa shape index (κ1) is 17.5. The molecule has 2 N–H and O–H groups in total. The molecule has 2 aromatic carbocycles. The van der Waals surface area contributed by atoms with Crippen LogP contribution in [0.4, 0.5) is 0 Å². The monoisotopic (exact) mass is 355 g/mol. The summed E-state index contributed by atoms with van der Waals surface area (Å²) >= 11 is 0. The summed E-state index contributed by atoms with van der Waals surface area (Å²) in [5.74, 6) is 0. The van der Waals surface area contributed by atoms with Gasteiger partial charge in [0.25, 0.3) is 0 Å². The Bertz CT molecular complexity index is 943.